The predicted molar refractivity (Wildman–Crippen MR) is 89.4 cm³/mol. The Kier molecular flexibility index (Phi) is 4.13. The van der Waals surface area contributed by atoms with Crippen LogP contribution in [0, 0.1) is 0 Å². The largest absolute Gasteiger partial charge is 0.496 e. The second-order valence-corrected chi connectivity index (χ2v) is 5.83. The fourth-order valence-corrected chi connectivity index (χ4v) is 2.63. The maximum absolute atomic E-state index is 6.40. The highest BCUT2D eigenvalue weighted by Gasteiger charge is 2.16. The highest BCUT2D eigenvalue weighted by molar-refractivity contribution is 6.36. The van der Waals surface area contributed by atoms with Crippen LogP contribution in [0.25, 0.3) is 22.3 Å². The number of halogens is 1. The highest BCUT2D eigenvalue weighted by atomic mass is 35.5. The zero-order chi connectivity index (χ0) is 16.6. The summed E-state index contributed by atoms with van der Waals surface area (Å²) in [6, 6.07) is 7.37. The van der Waals surface area contributed by atoms with Crippen LogP contribution in [0.2, 0.25) is 5.02 Å². The quantitative estimate of drug-likeness (QED) is 0.694. The zero-order valence-electron chi connectivity index (χ0n) is 13.4. The lowest BCUT2D eigenvalue weighted by atomic mass is 10.1. The summed E-state index contributed by atoms with van der Waals surface area (Å²) in [6.07, 6.45) is 0. The van der Waals surface area contributed by atoms with E-state index in [9.17, 15) is 0 Å². The van der Waals surface area contributed by atoms with E-state index in [0.717, 1.165) is 11.1 Å². The van der Waals surface area contributed by atoms with Gasteiger partial charge in [0.05, 0.1) is 25.4 Å². The number of benzene rings is 1. The smallest absolute Gasteiger partial charge is 0.139 e. The Balaban J connectivity index is 2.23. The van der Waals surface area contributed by atoms with Crippen LogP contribution in [-0.2, 0) is 0 Å². The van der Waals surface area contributed by atoms with Gasteiger partial charge in [0.25, 0.3) is 0 Å². The summed E-state index contributed by atoms with van der Waals surface area (Å²) in [4.78, 5) is 4.62. The van der Waals surface area contributed by atoms with Gasteiger partial charge in [0, 0.05) is 23.4 Å². The van der Waals surface area contributed by atoms with Crippen LogP contribution < -0.4 is 9.47 Å². The molecule has 6 heteroatoms. The van der Waals surface area contributed by atoms with Gasteiger partial charge in [0.15, 0.2) is 0 Å². The fraction of sp³-hybridized carbons (Fsp3) is 0.294. The second kappa shape index (κ2) is 6.08. The van der Waals surface area contributed by atoms with E-state index in [2.05, 4.69) is 10.1 Å². The van der Waals surface area contributed by atoms with Gasteiger partial charge in [-0.25, -0.2) is 4.98 Å². The minimum absolute atomic E-state index is 0.252. The van der Waals surface area contributed by atoms with E-state index in [4.69, 9.17) is 25.6 Å². The monoisotopic (exact) mass is 332 g/mol. The summed E-state index contributed by atoms with van der Waals surface area (Å²) in [5.41, 5.74) is 1.89. The van der Waals surface area contributed by atoms with Crippen LogP contribution in [-0.4, -0.2) is 24.4 Å². The third kappa shape index (κ3) is 2.72. The third-order valence-corrected chi connectivity index (χ3v) is 4.01. The van der Waals surface area contributed by atoms with E-state index in [1.807, 2.05) is 32.0 Å². The van der Waals surface area contributed by atoms with Gasteiger partial charge < -0.3 is 14.0 Å². The molecule has 23 heavy (non-hydrogen) atoms. The standard InChI is InChI=1S/C17H17ClN2O3/c1-9(2)14-8-12(20-23-14)11-7-15(22-4)10-5-6-13(21-3)16(18)17(10)19-11/h5-9H,1-4H3. The normalized spacial score (nSPS) is 11.2. The number of methoxy groups -OCH3 is 2. The lowest BCUT2D eigenvalue weighted by Gasteiger charge is -2.10. The van der Waals surface area contributed by atoms with Gasteiger partial charge in [0.1, 0.15) is 28.0 Å². The molecule has 120 valence electrons. The van der Waals surface area contributed by atoms with Crippen molar-refractivity contribution in [2.45, 2.75) is 19.8 Å². The molecule has 0 radical (unpaired) electrons. The molecule has 0 aliphatic heterocycles. The summed E-state index contributed by atoms with van der Waals surface area (Å²) in [5.74, 6) is 2.29. The molecule has 0 saturated carbocycles. The van der Waals surface area contributed by atoms with Crippen molar-refractivity contribution in [3.8, 4) is 22.9 Å². The second-order valence-electron chi connectivity index (χ2n) is 5.46. The predicted octanol–water partition coefficient (Wildman–Crippen LogP) is 4.68. The number of aromatic nitrogens is 2. The third-order valence-electron chi connectivity index (χ3n) is 3.65. The minimum Gasteiger partial charge on any atom is -0.496 e. The van der Waals surface area contributed by atoms with Gasteiger partial charge in [-0.2, -0.15) is 0 Å². The molecule has 0 amide bonds. The van der Waals surface area contributed by atoms with E-state index in [1.165, 1.54) is 0 Å². The van der Waals surface area contributed by atoms with Crippen molar-refractivity contribution in [1.82, 2.24) is 10.1 Å². The topological polar surface area (TPSA) is 57.4 Å². The SMILES string of the molecule is COc1ccc2c(OC)cc(-c3cc(C(C)C)on3)nc2c1Cl. The zero-order valence-corrected chi connectivity index (χ0v) is 14.1. The average molecular weight is 333 g/mol. The number of fused-ring (bicyclic) bond motifs is 1. The maximum Gasteiger partial charge on any atom is 0.139 e. The molecule has 1 aromatic carbocycles. The number of hydrogen-bond donors (Lipinski definition) is 0. The van der Waals surface area contributed by atoms with Crippen LogP contribution >= 0.6 is 11.6 Å². The van der Waals surface area contributed by atoms with Gasteiger partial charge >= 0.3 is 0 Å². The van der Waals surface area contributed by atoms with Crippen LogP contribution in [0.1, 0.15) is 25.5 Å². The summed E-state index contributed by atoms with van der Waals surface area (Å²) < 4.78 is 16.1. The Labute approximate surface area is 139 Å². The molecule has 0 saturated heterocycles. The first-order valence-electron chi connectivity index (χ1n) is 7.23. The molecule has 0 aliphatic rings. The lowest BCUT2D eigenvalue weighted by Crippen LogP contribution is -1.94. The van der Waals surface area contributed by atoms with Crippen molar-refractivity contribution < 1.29 is 14.0 Å². The van der Waals surface area contributed by atoms with Crippen molar-refractivity contribution in [2.24, 2.45) is 0 Å². The molecule has 3 aromatic rings. The van der Waals surface area contributed by atoms with Gasteiger partial charge in [-0.1, -0.05) is 30.6 Å². The average Bonchev–Trinajstić information content (AvgIpc) is 3.05. The molecule has 0 unspecified atom stereocenters. The van der Waals surface area contributed by atoms with E-state index in [-0.39, 0.29) is 5.92 Å². The first-order valence-corrected chi connectivity index (χ1v) is 7.61. The molecule has 0 N–H and O–H groups in total. The Morgan fingerprint density at radius 2 is 1.78 bits per heavy atom. The van der Waals surface area contributed by atoms with E-state index < -0.39 is 0 Å². The Bertz CT molecular complexity index is 858. The van der Waals surface area contributed by atoms with Crippen molar-refractivity contribution >= 4 is 22.5 Å². The molecule has 2 heterocycles. The molecule has 0 fully saturated rings. The Morgan fingerprint density at radius 3 is 2.39 bits per heavy atom. The van der Waals surface area contributed by atoms with Gasteiger partial charge in [-0.15, -0.1) is 0 Å². The molecule has 0 aliphatic carbocycles. The first kappa shape index (κ1) is 15.6. The molecule has 5 nitrogen and oxygen atoms in total. The summed E-state index contributed by atoms with van der Waals surface area (Å²) >= 11 is 6.40. The van der Waals surface area contributed by atoms with E-state index >= 15 is 0 Å². The van der Waals surface area contributed by atoms with Crippen LogP contribution in [0.3, 0.4) is 0 Å². The molecular formula is C17H17ClN2O3. The van der Waals surface area contributed by atoms with Crippen LogP contribution in [0.4, 0.5) is 0 Å². The number of ether oxygens (including phenoxy) is 2. The summed E-state index contributed by atoms with van der Waals surface area (Å²) in [6.45, 7) is 4.08. The van der Waals surface area contributed by atoms with Gasteiger partial charge in [-0.05, 0) is 12.1 Å². The first-order chi connectivity index (χ1) is 11.0. The molecule has 2 aromatic heterocycles. The fourth-order valence-electron chi connectivity index (χ4n) is 2.35. The Hall–Kier alpha value is -2.27. The molecular weight excluding hydrogens is 316 g/mol. The lowest BCUT2D eigenvalue weighted by molar-refractivity contribution is 0.373. The van der Waals surface area contributed by atoms with Crippen LogP contribution in [0.15, 0.2) is 28.8 Å². The highest BCUT2D eigenvalue weighted by Crippen LogP contribution is 2.37. The van der Waals surface area contributed by atoms with Crippen molar-refractivity contribution in [1.29, 1.82) is 0 Å². The summed E-state index contributed by atoms with van der Waals surface area (Å²) in [5, 5.41) is 5.35. The number of pyridine rings is 1. The van der Waals surface area contributed by atoms with Crippen molar-refractivity contribution in [3.63, 3.8) is 0 Å². The molecule has 0 spiro atoms. The van der Waals surface area contributed by atoms with Crippen molar-refractivity contribution in [2.75, 3.05) is 14.2 Å². The van der Waals surface area contributed by atoms with Crippen molar-refractivity contribution in [3.05, 3.63) is 35.0 Å². The van der Waals surface area contributed by atoms with Gasteiger partial charge in [-0.3, -0.25) is 0 Å². The number of rotatable bonds is 4. The van der Waals surface area contributed by atoms with Gasteiger partial charge in [0.2, 0.25) is 0 Å². The summed E-state index contributed by atoms with van der Waals surface area (Å²) in [7, 11) is 3.18. The van der Waals surface area contributed by atoms with Crippen LogP contribution in [0.5, 0.6) is 11.5 Å². The molecule has 0 atom stereocenters. The number of nitrogens with zero attached hydrogens (tertiary/aromatic N) is 2. The maximum atomic E-state index is 6.40. The van der Waals surface area contributed by atoms with E-state index in [0.29, 0.717) is 33.4 Å². The number of hydrogen-bond acceptors (Lipinski definition) is 5. The van der Waals surface area contributed by atoms with E-state index in [1.54, 1.807) is 20.3 Å². The Morgan fingerprint density at radius 1 is 1.04 bits per heavy atom. The minimum atomic E-state index is 0.252. The molecule has 0 bridgehead atoms. The molecule has 3 rings (SSSR count).